The molecule has 0 fully saturated rings. The van der Waals surface area contributed by atoms with Gasteiger partial charge in [-0.1, -0.05) is 0 Å². The molecule has 112 valence electrons. The Labute approximate surface area is 133 Å². The Morgan fingerprint density at radius 2 is 2.09 bits per heavy atom. The van der Waals surface area contributed by atoms with Crippen LogP contribution in [0.15, 0.2) is 50.4 Å². The highest BCUT2D eigenvalue weighted by molar-refractivity contribution is 9.10. The lowest BCUT2D eigenvalue weighted by molar-refractivity contribution is 0.0695. The monoisotopic (exact) mass is 361 g/mol. The molecule has 0 unspecified atom stereocenters. The standard InChI is InChI=1S/C16H12BrNO4/c1-2-18-8-11(16(20)21)15(19)10-7-9(3-4-12(10)18)13-5-6-14(17)22-13/h3-8H,2H2,1H3,(H,20,21). The molecule has 3 aromatic rings. The number of hydrogen-bond donors (Lipinski definition) is 1. The lowest BCUT2D eigenvalue weighted by Gasteiger charge is -2.10. The normalized spacial score (nSPS) is 11.0. The van der Waals surface area contributed by atoms with Gasteiger partial charge in [0.05, 0.1) is 5.52 Å². The number of carboxylic acid groups (broad SMARTS) is 1. The molecule has 22 heavy (non-hydrogen) atoms. The summed E-state index contributed by atoms with van der Waals surface area (Å²) in [5.41, 5.74) is 0.708. The molecule has 0 aliphatic carbocycles. The zero-order valence-corrected chi connectivity index (χ0v) is 13.3. The highest BCUT2D eigenvalue weighted by atomic mass is 79.9. The number of carbonyl (C=O) groups is 1. The predicted octanol–water partition coefficient (Wildman–Crippen LogP) is 3.74. The second-order valence-electron chi connectivity index (χ2n) is 4.80. The van der Waals surface area contributed by atoms with Gasteiger partial charge in [0.1, 0.15) is 11.3 Å². The van der Waals surface area contributed by atoms with Gasteiger partial charge in [0, 0.05) is 23.7 Å². The van der Waals surface area contributed by atoms with Crippen molar-refractivity contribution in [3.8, 4) is 11.3 Å². The number of fused-ring (bicyclic) bond motifs is 1. The minimum Gasteiger partial charge on any atom is -0.477 e. The van der Waals surface area contributed by atoms with Crippen LogP contribution in [0.4, 0.5) is 0 Å². The van der Waals surface area contributed by atoms with Gasteiger partial charge >= 0.3 is 5.97 Å². The van der Waals surface area contributed by atoms with Gasteiger partial charge < -0.3 is 14.1 Å². The van der Waals surface area contributed by atoms with Crippen LogP contribution >= 0.6 is 15.9 Å². The number of benzene rings is 1. The average Bonchev–Trinajstić information content (AvgIpc) is 2.94. The maximum atomic E-state index is 12.4. The van der Waals surface area contributed by atoms with E-state index in [1.54, 1.807) is 28.8 Å². The summed E-state index contributed by atoms with van der Waals surface area (Å²) in [6.07, 6.45) is 1.39. The molecule has 3 rings (SSSR count). The van der Waals surface area contributed by atoms with Crippen molar-refractivity contribution in [2.24, 2.45) is 0 Å². The number of aromatic carboxylic acids is 1. The largest absolute Gasteiger partial charge is 0.477 e. The second kappa shape index (κ2) is 5.46. The summed E-state index contributed by atoms with van der Waals surface area (Å²) < 4.78 is 7.83. The molecule has 0 amide bonds. The smallest absolute Gasteiger partial charge is 0.341 e. The summed E-state index contributed by atoms with van der Waals surface area (Å²) in [4.78, 5) is 23.6. The van der Waals surface area contributed by atoms with Crippen LogP contribution in [0.25, 0.3) is 22.2 Å². The van der Waals surface area contributed by atoms with Gasteiger partial charge in [-0.15, -0.1) is 0 Å². The van der Waals surface area contributed by atoms with Crippen molar-refractivity contribution in [3.63, 3.8) is 0 Å². The molecule has 0 saturated carbocycles. The van der Waals surface area contributed by atoms with E-state index in [-0.39, 0.29) is 5.56 Å². The topological polar surface area (TPSA) is 72.4 Å². The molecule has 0 bridgehead atoms. The molecular weight excluding hydrogens is 350 g/mol. The maximum Gasteiger partial charge on any atom is 0.341 e. The lowest BCUT2D eigenvalue weighted by atomic mass is 10.1. The average molecular weight is 362 g/mol. The zero-order chi connectivity index (χ0) is 15.9. The minimum absolute atomic E-state index is 0.230. The zero-order valence-electron chi connectivity index (χ0n) is 11.7. The van der Waals surface area contributed by atoms with E-state index in [0.717, 1.165) is 5.56 Å². The van der Waals surface area contributed by atoms with Crippen LogP contribution in [0, 0.1) is 0 Å². The van der Waals surface area contributed by atoms with E-state index in [1.807, 2.05) is 13.0 Å². The molecule has 0 spiro atoms. The summed E-state index contributed by atoms with van der Waals surface area (Å²) in [5, 5.41) is 9.56. The SMILES string of the molecule is CCn1cc(C(=O)O)c(=O)c2cc(-c3ccc(Br)o3)ccc21. The van der Waals surface area contributed by atoms with Crippen molar-refractivity contribution >= 4 is 32.8 Å². The van der Waals surface area contributed by atoms with Gasteiger partial charge in [-0.25, -0.2) is 4.79 Å². The Morgan fingerprint density at radius 1 is 1.32 bits per heavy atom. The Morgan fingerprint density at radius 3 is 2.68 bits per heavy atom. The van der Waals surface area contributed by atoms with E-state index in [9.17, 15) is 14.7 Å². The molecule has 5 nitrogen and oxygen atoms in total. The number of furan rings is 1. The van der Waals surface area contributed by atoms with Crippen molar-refractivity contribution in [3.05, 3.63) is 57.0 Å². The predicted molar refractivity (Wildman–Crippen MR) is 86.2 cm³/mol. The fourth-order valence-corrected chi connectivity index (χ4v) is 2.74. The number of hydrogen-bond acceptors (Lipinski definition) is 3. The maximum absolute atomic E-state index is 12.4. The molecule has 0 aliphatic rings. The van der Waals surface area contributed by atoms with Gasteiger partial charge in [-0.2, -0.15) is 0 Å². The van der Waals surface area contributed by atoms with Gasteiger partial charge in [-0.3, -0.25) is 4.79 Å². The van der Waals surface area contributed by atoms with Gasteiger partial charge in [0.15, 0.2) is 4.67 Å². The number of halogens is 1. The van der Waals surface area contributed by atoms with E-state index in [0.29, 0.717) is 27.9 Å². The van der Waals surface area contributed by atoms with Crippen LogP contribution < -0.4 is 5.43 Å². The van der Waals surface area contributed by atoms with Crippen molar-refractivity contribution < 1.29 is 14.3 Å². The van der Waals surface area contributed by atoms with E-state index < -0.39 is 11.4 Å². The third kappa shape index (κ3) is 2.35. The van der Waals surface area contributed by atoms with Gasteiger partial charge in [0.2, 0.25) is 5.43 Å². The molecular formula is C16H12BrNO4. The summed E-state index contributed by atoms with van der Waals surface area (Å²) in [7, 11) is 0. The fraction of sp³-hybridized carbons (Fsp3) is 0.125. The summed E-state index contributed by atoms with van der Waals surface area (Å²) in [6, 6.07) is 8.86. The van der Waals surface area contributed by atoms with E-state index in [1.165, 1.54) is 6.20 Å². The molecule has 0 radical (unpaired) electrons. The summed E-state index contributed by atoms with van der Waals surface area (Å²) in [5.74, 6) is -0.614. The number of rotatable bonds is 3. The number of aromatic nitrogens is 1. The Kier molecular flexibility index (Phi) is 3.62. The van der Waals surface area contributed by atoms with Crippen LogP contribution in [0.5, 0.6) is 0 Å². The van der Waals surface area contributed by atoms with Crippen molar-refractivity contribution in [2.45, 2.75) is 13.5 Å². The molecule has 1 N–H and O–H groups in total. The Hall–Kier alpha value is -2.34. The minimum atomic E-state index is -1.22. The highest BCUT2D eigenvalue weighted by Crippen LogP contribution is 2.27. The van der Waals surface area contributed by atoms with Gasteiger partial charge in [-0.05, 0) is 53.2 Å². The first-order valence-electron chi connectivity index (χ1n) is 6.67. The molecule has 2 aromatic heterocycles. The summed E-state index contributed by atoms with van der Waals surface area (Å²) in [6.45, 7) is 2.47. The third-order valence-electron chi connectivity index (χ3n) is 3.51. The highest BCUT2D eigenvalue weighted by Gasteiger charge is 2.15. The van der Waals surface area contributed by atoms with Crippen LogP contribution in [-0.4, -0.2) is 15.6 Å². The molecule has 1 aromatic carbocycles. The molecule has 0 saturated heterocycles. The number of nitrogens with zero attached hydrogens (tertiary/aromatic N) is 1. The number of pyridine rings is 1. The third-order valence-corrected chi connectivity index (χ3v) is 3.94. The van der Waals surface area contributed by atoms with E-state index in [2.05, 4.69) is 15.9 Å². The van der Waals surface area contributed by atoms with Gasteiger partial charge in [0.25, 0.3) is 0 Å². The van der Waals surface area contributed by atoms with Crippen LogP contribution in [0.1, 0.15) is 17.3 Å². The van der Waals surface area contributed by atoms with Crippen molar-refractivity contribution in [1.29, 1.82) is 0 Å². The first-order chi connectivity index (χ1) is 10.5. The fourth-order valence-electron chi connectivity index (χ4n) is 2.43. The summed E-state index contributed by atoms with van der Waals surface area (Å²) >= 11 is 3.24. The number of carboxylic acids is 1. The quantitative estimate of drug-likeness (QED) is 0.770. The number of aryl methyl sites for hydroxylation is 1. The van der Waals surface area contributed by atoms with Crippen molar-refractivity contribution in [1.82, 2.24) is 4.57 Å². The van der Waals surface area contributed by atoms with Crippen molar-refractivity contribution in [2.75, 3.05) is 0 Å². The Balaban J connectivity index is 2.33. The van der Waals surface area contributed by atoms with Crippen LogP contribution in [0.3, 0.4) is 0 Å². The van der Waals surface area contributed by atoms with E-state index >= 15 is 0 Å². The molecule has 6 heteroatoms. The van der Waals surface area contributed by atoms with Crippen LogP contribution in [0.2, 0.25) is 0 Å². The lowest BCUT2D eigenvalue weighted by Crippen LogP contribution is -2.18. The molecule has 0 atom stereocenters. The first-order valence-corrected chi connectivity index (χ1v) is 7.46. The molecule has 0 aliphatic heterocycles. The molecule has 2 heterocycles. The second-order valence-corrected chi connectivity index (χ2v) is 5.58. The van der Waals surface area contributed by atoms with E-state index in [4.69, 9.17) is 4.42 Å². The Bertz CT molecular complexity index is 939. The van der Waals surface area contributed by atoms with Crippen LogP contribution in [-0.2, 0) is 6.54 Å². The first kappa shape index (κ1) is 14.6.